The van der Waals surface area contributed by atoms with Crippen molar-refractivity contribution in [2.24, 2.45) is 11.3 Å². The Bertz CT molecular complexity index is 299. The van der Waals surface area contributed by atoms with Gasteiger partial charge in [0.05, 0.1) is 0 Å². The third-order valence-electron chi connectivity index (χ3n) is 4.16. The summed E-state index contributed by atoms with van der Waals surface area (Å²) in [5.41, 5.74) is 0.316. The lowest BCUT2D eigenvalue weighted by Crippen LogP contribution is -2.38. The van der Waals surface area contributed by atoms with E-state index in [0.29, 0.717) is 11.3 Å². The Labute approximate surface area is 125 Å². The topological polar surface area (TPSA) is 29.5 Å². The molecule has 1 rings (SSSR count). The maximum absolute atomic E-state index is 12.3. The third kappa shape index (κ3) is 6.15. The molecule has 0 N–H and O–H groups in total. The van der Waals surface area contributed by atoms with E-state index in [4.69, 9.17) is 4.74 Å². The minimum absolute atomic E-state index is 0.102. The van der Waals surface area contributed by atoms with Crippen LogP contribution in [0.2, 0.25) is 0 Å². The summed E-state index contributed by atoms with van der Waals surface area (Å²) < 4.78 is 5.76. The first-order valence-corrected chi connectivity index (χ1v) is 8.29. The summed E-state index contributed by atoms with van der Waals surface area (Å²) in [5.74, 6) is 0.621. The smallest absolute Gasteiger partial charge is 0.410 e. The zero-order chi connectivity index (χ0) is 15.2. The average Bonchev–Trinajstić information content (AvgIpc) is 2.32. The Kier molecular flexibility index (Phi) is 6.84. The van der Waals surface area contributed by atoms with Gasteiger partial charge in [0.2, 0.25) is 0 Å². The fourth-order valence-corrected chi connectivity index (χ4v) is 2.92. The molecule has 0 saturated heterocycles. The van der Waals surface area contributed by atoms with Crippen LogP contribution in [0.25, 0.3) is 0 Å². The van der Waals surface area contributed by atoms with Crippen molar-refractivity contribution in [1.29, 1.82) is 0 Å². The Morgan fingerprint density at radius 1 is 1.35 bits per heavy atom. The molecule has 20 heavy (non-hydrogen) atoms. The largest absolute Gasteiger partial charge is 0.446 e. The van der Waals surface area contributed by atoms with E-state index in [0.717, 1.165) is 38.8 Å². The highest BCUT2D eigenvalue weighted by Crippen LogP contribution is 2.36. The van der Waals surface area contributed by atoms with E-state index in [1.807, 2.05) is 4.90 Å². The highest BCUT2D eigenvalue weighted by atomic mass is 16.6. The van der Waals surface area contributed by atoms with Gasteiger partial charge in [-0.25, -0.2) is 4.79 Å². The van der Waals surface area contributed by atoms with Gasteiger partial charge in [0.1, 0.15) is 6.10 Å². The van der Waals surface area contributed by atoms with E-state index in [1.165, 1.54) is 12.8 Å². The second-order valence-electron chi connectivity index (χ2n) is 7.44. The number of nitrogens with zero attached hydrogens (tertiary/aromatic N) is 1. The monoisotopic (exact) mass is 283 g/mol. The van der Waals surface area contributed by atoms with Crippen molar-refractivity contribution in [3.05, 3.63) is 0 Å². The van der Waals surface area contributed by atoms with Crippen LogP contribution in [-0.2, 0) is 4.74 Å². The molecule has 0 aromatic heterocycles. The second-order valence-corrected chi connectivity index (χ2v) is 7.44. The Hall–Kier alpha value is -0.730. The van der Waals surface area contributed by atoms with Gasteiger partial charge in [0, 0.05) is 13.1 Å². The molecular weight excluding hydrogens is 250 g/mol. The molecule has 0 bridgehead atoms. The van der Waals surface area contributed by atoms with Gasteiger partial charge in [-0.05, 0) is 49.9 Å². The molecule has 118 valence electrons. The first kappa shape index (κ1) is 17.3. The summed E-state index contributed by atoms with van der Waals surface area (Å²) in [5, 5.41) is 0. The van der Waals surface area contributed by atoms with Gasteiger partial charge in [-0.2, -0.15) is 0 Å². The van der Waals surface area contributed by atoms with Gasteiger partial charge in [-0.3, -0.25) is 0 Å². The molecule has 1 aliphatic rings. The average molecular weight is 283 g/mol. The molecule has 1 amide bonds. The summed E-state index contributed by atoms with van der Waals surface area (Å²) >= 11 is 0. The Balaban J connectivity index is 2.48. The van der Waals surface area contributed by atoms with Crippen molar-refractivity contribution in [3.8, 4) is 0 Å². The molecule has 1 aliphatic carbocycles. The van der Waals surface area contributed by atoms with Gasteiger partial charge in [-0.15, -0.1) is 0 Å². The number of carbonyl (C=O) groups excluding carboxylic acids is 1. The lowest BCUT2D eigenvalue weighted by Gasteiger charge is -2.35. The van der Waals surface area contributed by atoms with Crippen LogP contribution in [0.4, 0.5) is 4.79 Å². The van der Waals surface area contributed by atoms with E-state index in [9.17, 15) is 4.79 Å². The van der Waals surface area contributed by atoms with Gasteiger partial charge in [0.15, 0.2) is 0 Å². The third-order valence-corrected chi connectivity index (χ3v) is 4.16. The zero-order valence-electron chi connectivity index (χ0n) is 14.1. The Morgan fingerprint density at radius 3 is 2.60 bits per heavy atom. The van der Waals surface area contributed by atoms with Gasteiger partial charge < -0.3 is 9.64 Å². The van der Waals surface area contributed by atoms with E-state index in [1.54, 1.807) is 0 Å². The summed E-state index contributed by atoms with van der Waals surface area (Å²) in [6, 6.07) is 0. The summed E-state index contributed by atoms with van der Waals surface area (Å²) in [6.45, 7) is 12.7. The fourth-order valence-electron chi connectivity index (χ4n) is 2.92. The zero-order valence-corrected chi connectivity index (χ0v) is 14.1. The van der Waals surface area contributed by atoms with Crippen LogP contribution in [0.3, 0.4) is 0 Å². The molecule has 1 atom stereocenters. The maximum Gasteiger partial charge on any atom is 0.410 e. The highest BCUT2D eigenvalue weighted by molar-refractivity contribution is 5.67. The first-order valence-electron chi connectivity index (χ1n) is 8.29. The number of ether oxygens (including phenoxy) is 1. The molecule has 1 saturated carbocycles. The summed E-state index contributed by atoms with van der Waals surface area (Å²) in [7, 11) is 0. The summed E-state index contributed by atoms with van der Waals surface area (Å²) in [4.78, 5) is 14.2. The van der Waals surface area contributed by atoms with Crippen molar-refractivity contribution in [2.75, 3.05) is 13.1 Å². The summed E-state index contributed by atoms with van der Waals surface area (Å²) in [6.07, 6.45) is 6.49. The molecule has 0 radical (unpaired) electrons. The van der Waals surface area contributed by atoms with Crippen molar-refractivity contribution < 1.29 is 9.53 Å². The fraction of sp³-hybridized carbons (Fsp3) is 0.941. The van der Waals surface area contributed by atoms with Crippen LogP contribution in [0.5, 0.6) is 0 Å². The normalized spacial score (nSPS) is 21.8. The predicted molar refractivity (Wildman–Crippen MR) is 83.8 cm³/mol. The molecule has 0 aromatic carbocycles. The number of hydrogen-bond acceptors (Lipinski definition) is 2. The predicted octanol–water partition coefficient (Wildman–Crippen LogP) is 4.85. The van der Waals surface area contributed by atoms with Crippen LogP contribution in [-0.4, -0.2) is 30.2 Å². The van der Waals surface area contributed by atoms with E-state index in [-0.39, 0.29) is 12.2 Å². The maximum atomic E-state index is 12.3. The van der Waals surface area contributed by atoms with Crippen LogP contribution in [0.1, 0.15) is 73.1 Å². The SMILES string of the molecule is CCCN(CCC(C)C)C(=O)OC1CCCC(C)(C)C1. The van der Waals surface area contributed by atoms with E-state index < -0.39 is 0 Å². The van der Waals surface area contributed by atoms with Crippen molar-refractivity contribution in [3.63, 3.8) is 0 Å². The van der Waals surface area contributed by atoms with Crippen LogP contribution < -0.4 is 0 Å². The van der Waals surface area contributed by atoms with E-state index >= 15 is 0 Å². The van der Waals surface area contributed by atoms with Crippen molar-refractivity contribution >= 4 is 6.09 Å². The van der Waals surface area contributed by atoms with Crippen molar-refractivity contribution in [2.45, 2.75) is 79.2 Å². The molecule has 3 heteroatoms. The quantitative estimate of drug-likeness (QED) is 0.697. The van der Waals surface area contributed by atoms with Crippen molar-refractivity contribution in [1.82, 2.24) is 4.90 Å². The molecule has 3 nitrogen and oxygen atoms in total. The standard InChI is InChI=1S/C17H33NO2/c1-6-11-18(12-9-14(2)3)16(19)20-15-8-7-10-17(4,5)13-15/h14-15H,6-13H2,1-5H3. The number of hydrogen-bond donors (Lipinski definition) is 0. The van der Waals surface area contributed by atoms with Crippen LogP contribution in [0, 0.1) is 11.3 Å². The number of amides is 1. The minimum atomic E-state index is -0.102. The number of rotatable bonds is 6. The molecule has 0 aliphatic heterocycles. The lowest BCUT2D eigenvalue weighted by molar-refractivity contribution is 0.0171. The van der Waals surface area contributed by atoms with Gasteiger partial charge in [0.25, 0.3) is 0 Å². The molecule has 1 fully saturated rings. The van der Waals surface area contributed by atoms with Gasteiger partial charge >= 0.3 is 6.09 Å². The molecule has 0 aromatic rings. The van der Waals surface area contributed by atoms with Crippen LogP contribution in [0.15, 0.2) is 0 Å². The second kappa shape index (κ2) is 7.90. The molecule has 1 unspecified atom stereocenters. The lowest BCUT2D eigenvalue weighted by atomic mass is 9.76. The molecule has 0 spiro atoms. The minimum Gasteiger partial charge on any atom is -0.446 e. The molecular formula is C17H33NO2. The Morgan fingerprint density at radius 2 is 2.05 bits per heavy atom. The van der Waals surface area contributed by atoms with Crippen LogP contribution >= 0.6 is 0 Å². The highest BCUT2D eigenvalue weighted by Gasteiger charge is 2.31. The molecule has 0 heterocycles. The van der Waals surface area contributed by atoms with E-state index in [2.05, 4.69) is 34.6 Å². The first-order chi connectivity index (χ1) is 9.34. The van der Waals surface area contributed by atoms with Gasteiger partial charge in [-0.1, -0.05) is 34.6 Å². The number of carbonyl (C=O) groups is 1.